The average Bonchev–Trinajstić information content (AvgIpc) is 2.36. The largest absolute Gasteiger partial charge is 0.238 e. The molecule has 0 amide bonds. The minimum Gasteiger partial charge on any atom is -0.225 e. The maximum absolute atomic E-state index is 11.8. The molecule has 0 fully saturated rings. The van der Waals surface area contributed by atoms with E-state index in [4.69, 9.17) is 10.4 Å². The van der Waals surface area contributed by atoms with Crippen molar-refractivity contribution in [1.29, 1.82) is 5.26 Å². The molecule has 1 rings (SSSR count). The summed E-state index contributed by atoms with van der Waals surface area (Å²) in [7, 11) is -3.76. The van der Waals surface area contributed by atoms with Crippen LogP contribution in [0.3, 0.4) is 0 Å². The summed E-state index contributed by atoms with van der Waals surface area (Å²) in [4.78, 5) is 0.192. The van der Waals surface area contributed by atoms with Crippen LogP contribution in [0.4, 0.5) is 0 Å². The second kappa shape index (κ2) is 6.38. The SMILES string of the molecule is CCC(C)c1cc(CC#N)c(C(C)C)cc1S(N)(=O)=O. The zero-order chi connectivity index (χ0) is 15.5. The Morgan fingerprint density at radius 3 is 2.25 bits per heavy atom. The lowest BCUT2D eigenvalue weighted by Gasteiger charge is -2.19. The number of nitriles is 1. The molecule has 0 saturated carbocycles. The number of nitrogens with zero attached hydrogens (tertiary/aromatic N) is 1. The van der Waals surface area contributed by atoms with E-state index >= 15 is 0 Å². The fourth-order valence-electron chi connectivity index (χ4n) is 2.29. The highest BCUT2D eigenvalue weighted by molar-refractivity contribution is 7.89. The van der Waals surface area contributed by atoms with Gasteiger partial charge in [-0.1, -0.05) is 33.8 Å². The van der Waals surface area contributed by atoms with Crippen molar-refractivity contribution >= 4 is 10.0 Å². The van der Waals surface area contributed by atoms with Crippen molar-refractivity contribution in [2.75, 3.05) is 0 Å². The first kappa shape index (κ1) is 16.7. The molecular formula is C15H22N2O2S. The van der Waals surface area contributed by atoms with Gasteiger partial charge in [0.25, 0.3) is 0 Å². The molecule has 4 nitrogen and oxygen atoms in total. The molecule has 0 heterocycles. The first-order chi connectivity index (χ1) is 9.22. The quantitative estimate of drug-likeness (QED) is 0.905. The second-order valence-corrected chi connectivity index (χ2v) is 6.96. The number of benzene rings is 1. The van der Waals surface area contributed by atoms with Crippen LogP contribution in [-0.4, -0.2) is 8.42 Å². The number of nitrogens with two attached hydrogens (primary N) is 1. The summed E-state index contributed by atoms with van der Waals surface area (Å²) in [6.07, 6.45) is 1.09. The van der Waals surface area contributed by atoms with Crippen LogP contribution in [0.5, 0.6) is 0 Å². The first-order valence-electron chi connectivity index (χ1n) is 6.78. The molecule has 0 aliphatic carbocycles. The number of rotatable bonds is 5. The van der Waals surface area contributed by atoms with E-state index < -0.39 is 10.0 Å². The summed E-state index contributed by atoms with van der Waals surface area (Å²) in [6, 6.07) is 5.63. The van der Waals surface area contributed by atoms with Gasteiger partial charge < -0.3 is 0 Å². The van der Waals surface area contributed by atoms with Crippen LogP contribution in [0.2, 0.25) is 0 Å². The lowest BCUT2D eigenvalue weighted by atomic mass is 9.89. The van der Waals surface area contributed by atoms with E-state index in [0.717, 1.165) is 17.5 Å². The van der Waals surface area contributed by atoms with Gasteiger partial charge in [-0.3, -0.25) is 0 Å². The van der Waals surface area contributed by atoms with Crippen LogP contribution in [0.1, 0.15) is 62.6 Å². The predicted molar refractivity (Wildman–Crippen MR) is 79.9 cm³/mol. The van der Waals surface area contributed by atoms with Gasteiger partial charge in [-0.25, -0.2) is 13.6 Å². The van der Waals surface area contributed by atoms with Crippen LogP contribution in [0, 0.1) is 11.3 Å². The van der Waals surface area contributed by atoms with Crippen LogP contribution >= 0.6 is 0 Å². The molecule has 1 unspecified atom stereocenters. The predicted octanol–water partition coefficient (Wildman–Crippen LogP) is 3.04. The first-order valence-corrected chi connectivity index (χ1v) is 8.33. The number of primary sulfonamides is 1. The topological polar surface area (TPSA) is 83.9 Å². The molecule has 0 bridgehead atoms. The van der Waals surface area contributed by atoms with Gasteiger partial charge in [0.05, 0.1) is 17.4 Å². The van der Waals surface area contributed by atoms with Gasteiger partial charge in [-0.2, -0.15) is 5.26 Å². The monoisotopic (exact) mass is 294 g/mol. The summed E-state index contributed by atoms with van der Waals surface area (Å²) < 4.78 is 23.7. The lowest BCUT2D eigenvalue weighted by molar-refractivity contribution is 0.593. The molecule has 0 aliphatic heterocycles. The minimum absolute atomic E-state index is 0.0852. The lowest BCUT2D eigenvalue weighted by Crippen LogP contribution is -2.17. The molecule has 0 radical (unpaired) electrons. The Labute approximate surface area is 121 Å². The molecule has 2 N–H and O–H groups in total. The Morgan fingerprint density at radius 2 is 1.85 bits per heavy atom. The number of hydrogen-bond donors (Lipinski definition) is 1. The van der Waals surface area contributed by atoms with E-state index in [9.17, 15) is 8.42 Å². The fourth-order valence-corrected chi connectivity index (χ4v) is 3.17. The standard InChI is InChI=1S/C15H22N2O2S/c1-5-11(4)14-8-12(6-7-16)13(10(2)3)9-15(14)20(17,18)19/h8-11H,5-6H2,1-4H3,(H2,17,18,19). The molecule has 0 aliphatic rings. The van der Waals surface area contributed by atoms with Crippen LogP contribution in [-0.2, 0) is 16.4 Å². The van der Waals surface area contributed by atoms with E-state index in [1.165, 1.54) is 0 Å². The van der Waals surface area contributed by atoms with Crippen molar-refractivity contribution < 1.29 is 8.42 Å². The highest BCUT2D eigenvalue weighted by Crippen LogP contribution is 2.32. The van der Waals surface area contributed by atoms with Crippen molar-refractivity contribution in [3.05, 3.63) is 28.8 Å². The number of sulfonamides is 1. The Kier molecular flexibility index (Phi) is 5.32. The zero-order valence-corrected chi connectivity index (χ0v) is 13.3. The molecule has 0 saturated heterocycles. The molecule has 0 aromatic heterocycles. The van der Waals surface area contributed by atoms with Crippen LogP contribution in [0.15, 0.2) is 17.0 Å². The van der Waals surface area contributed by atoms with E-state index in [0.29, 0.717) is 5.56 Å². The van der Waals surface area contributed by atoms with Gasteiger partial charge in [0, 0.05) is 0 Å². The molecular weight excluding hydrogens is 272 g/mol. The van der Waals surface area contributed by atoms with Crippen LogP contribution in [0.25, 0.3) is 0 Å². The highest BCUT2D eigenvalue weighted by atomic mass is 32.2. The van der Waals surface area contributed by atoms with Crippen molar-refractivity contribution in [3.63, 3.8) is 0 Å². The molecule has 0 spiro atoms. The third-order valence-corrected chi connectivity index (χ3v) is 4.58. The Balaban J connectivity index is 3.66. The van der Waals surface area contributed by atoms with E-state index in [1.54, 1.807) is 6.07 Å². The van der Waals surface area contributed by atoms with Gasteiger partial charge in [0.15, 0.2) is 0 Å². The van der Waals surface area contributed by atoms with Gasteiger partial charge in [0.2, 0.25) is 10.0 Å². The molecule has 1 aromatic carbocycles. The van der Waals surface area contributed by atoms with E-state index in [1.807, 2.05) is 33.8 Å². The highest BCUT2D eigenvalue weighted by Gasteiger charge is 2.21. The summed E-state index contributed by atoms with van der Waals surface area (Å²) >= 11 is 0. The summed E-state index contributed by atoms with van der Waals surface area (Å²) in [5, 5.41) is 14.3. The third-order valence-electron chi connectivity index (χ3n) is 3.61. The van der Waals surface area contributed by atoms with Crippen molar-refractivity contribution in [2.24, 2.45) is 5.14 Å². The minimum atomic E-state index is -3.76. The van der Waals surface area contributed by atoms with Gasteiger partial charge in [-0.15, -0.1) is 0 Å². The molecule has 1 aromatic rings. The number of hydrogen-bond acceptors (Lipinski definition) is 3. The molecule has 110 valence electrons. The van der Waals surface area contributed by atoms with Crippen molar-refractivity contribution in [2.45, 2.75) is 57.3 Å². The summed E-state index contributed by atoms with van der Waals surface area (Å²) in [5.74, 6) is 0.229. The summed E-state index contributed by atoms with van der Waals surface area (Å²) in [5.41, 5.74) is 2.48. The third kappa shape index (κ3) is 3.59. The Morgan fingerprint density at radius 1 is 1.25 bits per heavy atom. The molecule has 20 heavy (non-hydrogen) atoms. The normalized spacial score (nSPS) is 13.2. The smallest absolute Gasteiger partial charge is 0.225 e. The fraction of sp³-hybridized carbons (Fsp3) is 0.533. The van der Waals surface area contributed by atoms with E-state index in [2.05, 4.69) is 6.07 Å². The Bertz CT molecular complexity index is 628. The average molecular weight is 294 g/mol. The zero-order valence-electron chi connectivity index (χ0n) is 12.5. The van der Waals surface area contributed by atoms with Crippen molar-refractivity contribution in [1.82, 2.24) is 0 Å². The second-order valence-electron chi connectivity index (χ2n) is 5.43. The maximum Gasteiger partial charge on any atom is 0.238 e. The molecule has 1 atom stereocenters. The van der Waals surface area contributed by atoms with Gasteiger partial charge in [0.1, 0.15) is 0 Å². The van der Waals surface area contributed by atoms with Gasteiger partial charge >= 0.3 is 0 Å². The van der Waals surface area contributed by atoms with E-state index in [-0.39, 0.29) is 23.2 Å². The summed E-state index contributed by atoms with van der Waals surface area (Å²) in [6.45, 7) is 7.92. The van der Waals surface area contributed by atoms with Crippen LogP contribution < -0.4 is 5.14 Å². The Hall–Kier alpha value is -1.38. The van der Waals surface area contributed by atoms with Crippen molar-refractivity contribution in [3.8, 4) is 6.07 Å². The van der Waals surface area contributed by atoms with Gasteiger partial charge in [-0.05, 0) is 41.0 Å². The molecule has 5 heteroatoms. The maximum atomic E-state index is 11.8.